The summed E-state index contributed by atoms with van der Waals surface area (Å²) in [5, 5.41) is 0. The number of hydroxylamine groups is 1. The molecule has 1 aromatic carbocycles. The molecule has 0 fully saturated rings. The maximum atomic E-state index is 5.30. The van der Waals surface area contributed by atoms with Crippen LogP contribution in [0, 0.1) is 5.92 Å². The minimum atomic E-state index is 0.537. The average molecular weight is 288 g/mol. The number of halogens is 1. The predicted octanol–water partition coefficient (Wildman–Crippen LogP) is 3.13. The second-order valence-electron chi connectivity index (χ2n) is 3.99. The van der Waals surface area contributed by atoms with E-state index in [1.54, 1.807) is 7.11 Å². The van der Waals surface area contributed by atoms with Crippen molar-refractivity contribution in [1.82, 2.24) is 5.48 Å². The van der Waals surface area contributed by atoms with Crippen LogP contribution in [-0.4, -0.2) is 13.7 Å². The van der Waals surface area contributed by atoms with Gasteiger partial charge in [0.25, 0.3) is 0 Å². The minimum Gasteiger partial charge on any atom is -0.496 e. The Labute approximate surface area is 105 Å². The van der Waals surface area contributed by atoms with Crippen molar-refractivity contribution in [3.05, 3.63) is 28.2 Å². The van der Waals surface area contributed by atoms with Crippen LogP contribution >= 0.6 is 15.9 Å². The fourth-order valence-corrected chi connectivity index (χ4v) is 1.77. The molecule has 0 unspecified atom stereocenters. The lowest BCUT2D eigenvalue weighted by Crippen LogP contribution is -2.17. The van der Waals surface area contributed by atoms with Crippen LogP contribution in [0.15, 0.2) is 22.7 Å². The number of ether oxygens (including phenoxy) is 1. The molecule has 3 nitrogen and oxygen atoms in total. The molecule has 1 aromatic rings. The first-order valence-corrected chi connectivity index (χ1v) is 6.10. The Bertz CT molecular complexity index is 329. The van der Waals surface area contributed by atoms with E-state index in [9.17, 15) is 0 Å². The van der Waals surface area contributed by atoms with Crippen molar-refractivity contribution in [2.45, 2.75) is 20.4 Å². The van der Waals surface area contributed by atoms with Crippen LogP contribution in [0.1, 0.15) is 19.4 Å². The molecule has 0 saturated heterocycles. The summed E-state index contributed by atoms with van der Waals surface area (Å²) in [6, 6.07) is 5.96. The molecule has 0 radical (unpaired) electrons. The number of hydrogen-bond acceptors (Lipinski definition) is 3. The van der Waals surface area contributed by atoms with E-state index in [0.29, 0.717) is 12.5 Å². The SMILES string of the molecule is COc1ccc(CNOCC(C)C)cc1Br. The van der Waals surface area contributed by atoms with Gasteiger partial charge >= 0.3 is 0 Å². The Morgan fingerprint density at radius 2 is 2.12 bits per heavy atom. The lowest BCUT2D eigenvalue weighted by molar-refractivity contribution is 0.0196. The average Bonchev–Trinajstić information content (AvgIpc) is 2.24. The highest BCUT2D eigenvalue weighted by molar-refractivity contribution is 9.10. The van der Waals surface area contributed by atoms with Gasteiger partial charge in [0.1, 0.15) is 5.75 Å². The summed E-state index contributed by atoms with van der Waals surface area (Å²) in [6.45, 7) is 5.64. The molecule has 0 spiro atoms. The largest absolute Gasteiger partial charge is 0.496 e. The molecule has 0 saturated carbocycles. The molecular weight excluding hydrogens is 270 g/mol. The van der Waals surface area contributed by atoms with Gasteiger partial charge in [0.15, 0.2) is 0 Å². The summed E-state index contributed by atoms with van der Waals surface area (Å²) >= 11 is 3.45. The van der Waals surface area contributed by atoms with Crippen molar-refractivity contribution < 1.29 is 9.57 Å². The van der Waals surface area contributed by atoms with E-state index < -0.39 is 0 Å². The van der Waals surface area contributed by atoms with Crippen LogP contribution < -0.4 is 10.2 Å². The summed E-state index contributed by atoms with van der Waals surface area (Å²) in [7, 11) is 1.66. The highest BCUT2D eigenvalue weighted by atomic mass is 79.9. The Morgan fingerprint density at radius 3 is 2.69 bits per heavy atom. The maximum Gasteiger partial charge on any atom is 0.133 e. The van der Waals surface area contributed by atoms with Crippen molar-refractivity contribution in [1.29, 1.82) is 0 Å². The zero-order chi connectivity index (χ0) is 12.0. The van der Waals surface area contributed by atoms with E-state index in [0.717, 1.165) is 22.4 Å². The number of benzene rings is 1. The van der Waals surface area contributed by atoms with Gasteiger partial charge in [0.05, 0.1) is 18.2 Å². The molecular formula is C12H18BrNO2. The zero-order valence-corrected chi connectivity index (χ0v) is 11.5. The van der Waals surface area contributed by atoms with Gasteiger partial charge in [-0.1, -0.05) is 19.9 Å². The van der Waals surface area contributed by atoms with Crippen molar-refractivity contribution in [2.24, 2.45) is 5.92 Å². The smallest absolute Gasteiger partial charge is 0.133 e. The molecule has 90 valence electrons. The van der Waals surface area contributed by atoms with E-state index >= 15 is 0 Å². The van der Waals surface area contributed by atoms with Crippen molar-refractivity contribution in [2.75, 3.05) is 13.7 Å². The molecule has 0 aromatic heterocycles. The number of rotatable bonds is 6. The first kappa shape index (κ1) is 13.5. The number of hydrogen-bond donors (Lipinski definition) is 1. The van der Waals surface area contributed by atoms with E-state index in [1.165, 1.54) is 0 Å². The Kier molecular flexibility index (Phi) is 5.80. The number of methoxy groups -OCH3 is 1. The molecule has 16 heavy (non-hydrogen) atoms. The minimum absolute atomic E-state index is 0.537. The summed E-state index contributed by atoms with van der Waals surface area (Å²) in [5.74, 6) is 1.38. The van der Waals surface area contributed by atoms with Crippen LogP contribution in [0.25, 0.3) is 0 Å². The molecule has 0 aliphatic heterocycles. The summed E-state index contributed by atoms with van der Waals surface area (Å²) in [5.41, 5.74) is 4.09. The van der Waals surface area contributed by atoms with E-state index in [4.69, 9.17) is 9.57 Å². The van der Waals surface area contributed by atoms with Gasteiger partial charge in [0.2, 0.25) is 0 Å². The lowest BCUT2D eigenvalue weighted by atomic mass is 10.2. The third kappa shape index (κ3) is 4.51. The van der Waals surface area contributed by atoms with E-state index in [-0.39, 0.29) is 0 Å². The molecule has 0 heterocycles. The number of nitrogens with one attached hydrogen (secondary N) is 1. The Morgan fingerprint density at radius 1 is 1.38 bits per heavy atom. The second-order valence-corrected chi connectivity index (χ2v) is 4.85. The van der Waals surface area contributed by atoms with Crippen molar-refractivity contribution in [3.8, 4) is 5.75 Å². The predicted molar refractivity (Wildman–Crippen MR) is 68.3 cm³/mol. The molecule has 0 aliphatic rings. The molecule has 4 heteroatoms. The normalized spacial score (nSPS) is 10.8. The first-order chi connectivity index (χ1) is 7.63. The monoisotopic (exact) mass is 287 g/mol. The molecule has 0 aliphatic carbocycles. The Balaban J connectivity index is 2.40. The van der Waals surface area contributed by atoms with Gasteiger partial charge in [-0.3, -0.25) is 0 Å². The third-order valence-electron chi connectivity index (χ3n) is 2.01. The van der Waals surface area contributed by atoms with Gasteiger partial charge < -0.3 is 9.57 Å². The molecule has 0 bridgehead atoms. The molecule has 1 N–H and O–H groups in total. The molecule has 0 amide bonds. The van der Waals surface area contributed by atoms with Crippen molar-refractivity contribution >= 4 is 15.9 Å². The fourth-order valence-electron chi connectivity index (χ4n) is 1.18. The van der Waals surface area contributed by atoms with E-state index in [1.807, 2.05) is 18.2 Å². The van der Waals surface area contributed by atoms with Crippen LogP contribution in [0.3, 0.4) is 0 Å². The van der Waals surface area contributed by atoms with Crippen molar-refractivity contribution in [3.63, 3.8) is 0 Å². The first-order valence-electron chi connectivity index (χ1n) is 5.30. The van der Waals surface area contributed by atoms with E-state index in [2.05, 4.69) is 35.3 Å². The van der Waals surface area contributed by atoms with Gasteiger partial charge in [-0.05, 0) is 39.5 Å². The summed E-state index contributed by atoms with van der Waals surface area (Å²) < 4.78 is 6.12. The van der Waals surface area contributed by atoms with Gasteiger partial charge in [-0.25, -0.2) is 0 Å². The van der Waals surface area contributed by atoms with Crippen LogP contribution in [0.5, 0.6) is 5.75 Å². The molecule has 0 atom stereocenters. The van der Waals surface area contributed by atoms with Crippen LogP contribution in [0.2, 0.25) is 0 Å². The van der Waals surface area contributed by atoms with Gasteiger partial charge in [-0.2, -0.15) is 5.48 Å². The third-order valence-corrected chi connectivity index (χ3v) is 2.63. The maximum absolute atomic E-state index is 5.30. The standard InChI is InChI=1S/C12H18BrNO2/c1-9(2)8-16-14-7-10-4-5-12(15-3)11(13)6-10/h4-6,9,14H,7-8H2,1-3H3. The highest BCUT2D eigenvalue weighted by Crippen LogP contribution is 2.25. The summed E-state index contributed by atoms with van der Waals surface area (Å²) in [6.07, 6.45) is 0. The van der Waals surface area contributed by atoms with Gasteiger partial charge in [0, 0.05) is 6.54 Å². The fraction of sp³-hybridized carbons (Fsp3) is 0.500. The molecule has 1 rings (SSSR count). The van der Waals surface area contributed by atoms with Crippen LogP contribution in [-0.2, 0) is 11.4 Å². The summed E-state index contributed by atoms with van der Waals surface area (Å²) in [4.78, 5) is 5.30. The van der Waals surface area contributed by atoms with Gasteiger partial charge in [-0.15, -0.1) is 0 Å². The lowest BCUT2D eigenvalue weighted by Gasteiger charge is -2.09. The highest BCUT2D eigenvalue weighted by Gasteiger charge is 2.01. The Hall–Kier alpha value is -0.580. The zero-order valence-electron chi connectivity index (χ0n) is 9.92. The topological polar surface area (TPSA) is 30.5 Å². The van der Waals surface area contributed by atoms with Crippen LogP contribution in [0.4, 0.5) is 0 Å². The quantitative estimate of drug-likeness (QED) is 0.644. The second kappa shape index (κ2) is 6.89.